The smallest absolute Gasteiger partial charge is 0.103 e. The van der Waals surface area contributed by atoms with Gasteiger partial charge in [0.1, 0.15) is 12.2 Å². The van der Waals surface area contributed by atoms with Gasteiger partial charge >= 0.3 is 0 Å². The quantitative estimate of drug-likeness (QED) is 0.803. The zero-order valence-electron chi connectivity index (χ0n) is 12.8. The molecule has 2 aromatic carbocycles. The summed E-state index contributed by atoms with van der Waals surface area (Å²) in [6.07, 6.45) is 0.0813. The van der Waals surface area contributed by atoms with Crippen LogP contribution in [0.15, 0.2) is 36.4 Å². The molecule has 108 valence electrons. The van der Waals surface area contributed by atoms with Crippen LogP contribution in [0.2, 0.25) is 0 Å². The Morgan fingerprint density at radius 2 is 1.86 bits per heavy atom. The average Bonchev–Trinajstić information content (AvgIpc) is 2.78. The van der Waals surface area contributed by atoms with Crippen LogP contribution in [-0.2, 0) is 0 Å². The van der Waals surface area contributed by atoms with Gasteiger partial charge in [0, 0.05) is 12.7 Å². The van der Waals surface area contributed by atoms with Crippen LogP contribution in [0.25, 0.3) is 0 Å². The summed E-state index contributed by atoms with van der Waals surface area (Å²) < 4.78 is 0. The topological polar surface area (TPSA) is 54.1 Å². The molecular weight excluding hydrogens is 272 g/mol. The van der Waals surface area contributed by atoms with Gasteiger partial charge in [-0.2, -0.15) is 10.5 Å². The van der Waals surface area contributed by atoms with Crippen molar-refractivity contribution in [2.75, 3.05) is 16.8 Å². The van der Waals surface area contributed by atoms with E-state index >= 15 is 0 Å². The molecule has 1 heterocycles. The Balaban J connectivity index is 2.26. The molecule has 0 saturated heterocycles. The number of benzene rings is 2. The van der Waals surface area contributed by atoms with Crippen LogP contribution >= 0.6 is 0 Å². The van der Waals surface area contributed by atoms with E-state index in [0.717, 1.165) is 17.1 Å². The van der Waals surface area contributed by atoms with Gasteiger partial charge in [0.25, 0.3) is 0 Å². The third-order valence-electron chi connectivity index (χ3n) is 4.17. The van der Waals surface area contributed by atoms with Crippen LogP contribution in [0.4, 0.5) is 17.1 Å². The molecule has 0 aromatic heterocycles. The first-order valence-corrected chi connectivity index (χ1v) is 7.14. The highest BCUT2D eigenvalue weighted by Gasteiger charge is 2.34. The highest BCUT2D eigenvalue weighted by atomic mass is 15.4. The van der Waals surface area contributed by atoms with Crippen LogP contribution < -0.4 is 9.80 Å². The second kappa shape index (κ2) is 5.09. The molecule has 2 aromatic rings. The summed E-state index contributed by atoms with van der Waals surface area (Å²) in [7, 11) is 1.98. The molecular formula is C18H16N4. The number of anilines is 3. The molecule has 3 rings (SSSR count). The molecule has 4 nitrogen and oxygen atoms in total. The fourth-order valence-electron chi connectivity index (χ4n) is 3.02. The summed E-state index contributed by atoms with van der Waals surface area (Å²) >= 11 is 0. The van der Waals surface area contributed by atoms with E-state index < -0.39 is 0 Å². The van der Waals surface area contributed by atoms with Crippen LogP contribution in [-0.4, -0.2) is 13.2 Å². The third-order valence-corrected chi connectivity index (χ3v) is 4.17. The SMILES string of the molecule is Cc1cccc(N2c3cc(C#N)cc(C#N)c3N(C)[C@@H]2C)c1. The maximum atomic E-state index is 9.42. The highest BCUT2D eigenvalue weighted by molar-refractivity contribution is 5.88. The maximum Gasteiger partial charge on any atom is 0.103 e. The van der Waals surface area contributed by atoms with E-state index in [2.05, 4.69) is 54.0 Å². The third kappa shape index (κ3) is 1.98. The molecule has 4 heteroatoms. The maximum absolute atomic E-state index is 9.42. The Morgan fingerprint density at radius 3 is 2.50 bits per heavy atom. The van der Waals surface area contributed by atoms with Crippen molar-refractivity contribution in [1.29, 1.82) is 10.5 Å². The molecule has 0 spiro atoms. The predicted octanol–water partition coefficient (Wildman–Crippen LogP) is 3.67. The van der Waals surface area contributed by atoms with Crippen LogP contribution in [0.1, 0.15) is 23.6 Å². The summed E-state index contributed by atoms with van der Waals surface area (Å²) in [6.45, 7) is 4.15. The van der Waals surface area contributed by atoms with Crippen molar-refractivity contribution in [3.05, 3.63) is 53.1 Å². The lowest BCUT2D eigenvalue weighted by Crippen LogP contribution is -2.35. The van der Waals surface area contributed by atoms with Crippen LogP contribution in [0, 0.1) is 29.6 Å². The Morgan fingerprint density at radius 1 is 1.09 bits per heavy atom. The molecule has 0 unspecified atom stereocenters. The number of rotatable bonds is 1. The Kier molecular flexibility index (Phi) is 3.23. The van der Waals surface area contributed by atoms with Gasteiger partial charge in [0.05, 0.1) is 28.6 Å². The van der Waals surface area contributed by atoms with Gasteiger partial charge in [0.2, 0.25) is 0 Å². The van der Waals surface area contributed by atoms with E-state index in [0.29, 0.717) is 11.1 Å². The molecule has 0 aliphatic carbocycles. The molecule has 0 radical (unpaired) electrons. The van der Waals surface area contributed by atoms with Gasteiger partial charge in [0.15, 0.2) is 0 Å². The lowest BCUT2D eigenvalue weighted by Gasteiger charge is -2.28. The monoisotopic (exact) mass is 288 g/mol. The van der Waals surface area contributed by atoms with Gasteiger partial charge < -0.3 is 9.80 Å². The predicted molar refractivity (Wildman–Crippen MR) is 87.1 cm³/mol. The molecule has 0 saturated carbocycles. The van der Waals surface area contributed by atoms with Gasteiger partial charge in [-0.1, -0.05) is 12.1 Å². The largest absolute Gasteiger partial charge is 0.351 e. The summed E-state index contributed by atoms with van der Waals surface area (Å²) in [5.41, 5.74) is 5.09. The molecule has 0 amide bonds. The molecule has 0 bridgehead atoms. The number of nitriles is 2. The number of nitrogens with zero attached hydrogens (tertiary/aromatic N) is 4. The van der Waals surface area contributed by atoms with Gasteiger partial charge in [-0.3, -0.25) is 0 Å². The van der Waals surface area contributed by atoms with Crippen LogP contribution in [0.3, 0.4) is 0 Å². The van der Waals surface area contributed by atoms with E-state index in [4.69, 9.17) is 0 Å². The average molecular weight is 288 g/mol. The minimum atomic E-state index is 0.0813. The lowest BCUT2D eigenvalue weighted by molar-refractivity contribution is 0.733. The fourth-order valence-corrected chi connectivity index (χ4v) is 3.02. The number of hydrogen-bond donors (Lipinski definition) is 0. The van der Waals surface area contributed by atoms with Crippen molar-refractivity contribution in [3.63, 3.8) is 0 Å². The second-order valence-corrected chi connectivity index (χ2v) is 5.57. The molecule has 1 atom stereocenters. The normalized spacial score (nSPS) is 16.1. The van der Waals surface area contributed by atoms with Gasteiger partial charge in [-0.05, 0) is 43.7 Å². The second-order valence-electron chi connectivity index (χ2n) is 5.57. The Labute approximate surface area is 130 Å². The number of fused-ring (bicyclic) bond motifs is 1. The minimum absolute atomic E-state index is 0.0813. The summed E-state index contributed by atoms with van der Waals surface area (Å²) in [4.78, 5) is 4.25. The standard InChI is InChI=1S/C18H16N4/c1-12-5-4-6-16(7-12)22-13(2)21(3)18-15(11-20)8-14(10-19)9-17(18)22/h4-9,13H,1-3H3/t13-/m0/s1. The van der Waals surface area contributed by atoms with Crippen molar-refractivity contribution < 1.29 is 0 Å². The summed E-state index contributed by atoms with van der Waals surface area (Å²) in [6, 6.07) is 16.1. The molecule has 22 heavy (non-hydrogen) atoms. The van der Waals surface area contributed by atoms with Crippen molar-refractivity contribution >= 4 is 17.1 Å². The van der Waals surface area contributed by atoms with Crippen molar-refractivity contribution in [1.82, 2.24) is 0 Å². The zero-order valence-corrected chi connectivity index (χ0v) is 12.8. The van der Waals surface area contributed by atoms with Crippen LogP contribution in [0.5, 0.6) is 0 Å². The Hall–Kier alpha value is -2.98. The molecule has 1 aliphatic rings. The molecule has 0 N–H and O–H groups in total. The minimum Gasteiger partial charge on any atom is -0.351 e. The van der Waals surface area contributed by atoms with Crippen molar-refractivity contribution in [3.8, 4) is 12.1 Å². The summed E-state index contributed by atoms with van der Waals surface area (Å²) in [5, 5.41) is 18.7. The van der Waals surface area contributed by atoms with E-state index in [1.54, 1.807) is 6.07 Å². The van der Waals surface area contributed by atoms with Gasteiger partial charge in [-0.15, -0.1) is 0 Å². The highest BCUT2D eigenvalue weighted by Crippen LogP contribution is 2.45. The van der Waals surface area contributed by atoms with Crippen molar-refractivity contribution in [2.45, 2.75) is 20.0 Å². The summed E-state index contributed by atoms with van der Waals surface area (Å²) in [5.74, 6) is 0. The van der Waals surface area contributed by atoms with Crippen molar-refractivity contribution in [2.24, 2.45) is 0 Å². The molecule has 0 fully saturated rings. The molecule has 1 aliphatic heterocycles. The number of aryl methyl sites for hydroxylation is 1. The fraction of sp³-hybridized carbons (Fsp3) is 0.222. The van der Waals surface area contributed by atoms with E-state index in [-0.39, 0.29) is 6.17 Å². The first-order valence-electron chi connectivity index (χ1n) is 7.14. The van der Waals surface area contributed by atoms with Gasteiger partial charge in [-0.25, -0.2) is 0 Å². The Bertz CT molecular complexity index is 826. The zero-order chi connectivity index (χ0) is 15.9. The number of hydrogen-bond acceptors (Lipinski definition) is 4. The van der Waals surface area contributed by atoms with E-state index in [9.17, 15) is 10.5 Å². The first kappa shape index (κ1) is 14.0. The van der Waals surface area contributed by atoms with E-state index in [1.165, 1.54) is 5.56 Å². The van der Waals surface area contributed by atoms with E-state index in [1.807, 2.05) is 19.2 Å². The first-order chi connectivity index (χ1) is 10.6. The lowest BCUT2D eigenvalue weighted by atomic mass is 10.1.